The molecule has 2 heterocycles. The van der Waals surface area contributed by atoms with Crippen molar-refractivity contribution in [2.45, 2.75) is 91.4 Å². The minimum Gasteiger partial charge on any atom is -0.347 e. The number of carbonyl (C=O) groups excluding carboxylic acids is 2. The van der Waals surface area contributed by atoms with Gasteiger partial charge in [-0.2, -0.15) is 0 Å². The van der Waals surface area contributed by atoms with Crippen LogP contribution in [-0.4, -0.2) is 43.5 Å². The Morgan fingerprint density at radius 1 is 1.09 bits per heavy atom. The molecule has 1 spiro atoms. The van der Waals surface area contributed by atoms with Crippen LogP contribution in [0.1, 0.15) is 106 Å². The fourth-order valence-electron chi connectivity index (χ4n) is 6.41. The summed E-state index contributed by atoms with van der Waals surface area (Å²) in [6, 6.07) is 12.5. The average molecular weight is 661 g/mol. The maximum Gasteiger partial charge on any atom is 1.00 e. The second-order valence-corrected chi connectivity index (χ2v) is 14.4. The van der Waals surface area contributed by atoms with Crippen LogP contribution in [0.3, 0.4) is 0 Å². The van der Waals surface area contributed by atoms with Gasteiger partial charge in [0, 0.05) is 21.2 Å². The number of hydrogen-bond donors (Lipinski definition) is 1. The first kappa shape index (κ1) is 35.6. The van der Waals surface area contributed by atoms with Crippen LogP contribution < -0.4 is 40.1 Å². The van der Waals surface area contributed by atoms with Crippen molar-refractivity contribution < 1.29 is 39.1 Å². The second-order valence-electron chi connectivity index (χ2n) is 13.6. The van der Waals surface area contributed by atoms with Crippen LogP contribution in [0.25, 0.3) is 0 Å². The van der Waals surface area contributed by atoms with Crippen LogP contribution in [0.2, 0.25) is 10.0 Å². The zero-order valence-corrected chi connectivity index (χ0v) is 30.5. The number of carbonyl (C=O) groups is 2. The van der Waals surface area contributed by atoms with Gasteiger partial charge in [-0.3, -0.25) is 25.0 Å². The number of nitrogens with zero attached hydrogens (tertiary/aromatic N) is 6. The van der Waals surface area contributed by atoms with E-state index in [0.717, 1.165) is 44.1 Å². The Morgan fingerprint density at radius 3 is 2.29 bits per heavy atom. The number of amides is 2. The molecule has 0 bridgehead atoms. The van der Waals surface area contributed by atoms with Crippen molar-refractivity contribution >= 4 is 40.7 Å². The molecule has 45 heavy (non-hydrogen) atoms. The first-order valence-corrected chi connectivity index (χ1v) is 16.1. The van der Waals surface area contributed by atoms with Crippen LogP contribution >= 0.6 is 23.2 Å². The number of aromatic nitrogens is 4. The molecule has 1 N–H and O–H groups in total. The Bertz CT molecular complexity index is 1490. The zero-order valence-electron chi connectivity index (χ0n) is 27.0. The van der Waals surface area contributed by atoms with Gasteiger partial charge in [0.2, 0.25) is 0 Å². The Balaban J connectivity index is 0.00000461. The molecule has 0 radical (unpaired) electrons. The molecule has 2 aromatic carbocycles. The fraction of sp³-hybridized carbons (Fsp3) is 0.515. The Labute approximate surface area is 297 Å². The normalized spacial score (nSPS) is 20.7. The van der Waals surface area contributed by atoms with E-state index in [0.29, 0.717) is 44.5 Å². The molecule has 1 aromatic heterocycles. The molecule has 0 saturated heterocycles. The second kappa shape index (κ2) is 14.6. The van der Waals surface area contributed by atoms with E-state index in [-0.39, 0.29) is 59.4 Å². The predicted octanol–water partition coefficient (Wildman–Crippen LogP) is 3.81. The van der Waals surface area contributed by atoms with E-state index in [2.05, 4.69) is 60.6 Å². The van der Waals surface area contributed by atoms with E-state index >= 15 is 0 Å². The topological polar surface area (TPSA) is 115 Å². The summed E-state index contributed by atoms with van der Waals surface area (Å²) < 4.78 is 0. The molecule has 1 aliphatic heterocycles. The molecule has 5 rings (SSSR count). The first-order valence-electron chi connectivity index (χ1n) is 15.3. The molecule has 1 aliphatic carbocycles. The van der Waals surface area contributed by atoms with E-state index in [9.17, 15) is 9.59 Å². The maximum absolute atomic E-state index is 14.6. The Morgan fingerprint density at radius 2 is 1.73 bits per heavy atom. The number of benzene rings is 2. The summed E-state index contributed by atoms with van der Waals surface area (Å²) in [5.74, 6) is 1.15. The van der Waals surface area contributed by atoms with Crippen LogP contribution in [0, 0.1) is 17.3 Å². The van der Waals surface area contributed by atoms with Crippen LogP contribution in [0.15, 0.2) is 47.5 Å². The van der Waals surface area contributed by atoms with Crippen molar-refractivity contribution in [1.29, 1.82) is 0 Å². The van der Waals surface area contributed by atoms with Crippen LogP contribution in [-0.2, 0) is 11.3 Å². The summed E-state index contributed by atoms with van der Waals surface area (Å²) in [5, 5.41) is 18.1. The van der Waals surface area contributed by atoms with E-state index in [1.54, 1.807) is 30.3 Å². The Hall–Kier alpha value is -2.30. The molecule has 0 unspecified atom stereocenters. The maximum atomic E-state index is 14.6. The van der Waals surface area contributed by atoms with E-state index in [4.69, 9.17) is 28.2 Å². The van der Waals surface area contributed by atoms with Crippen molar-refractivity contribution in [3.05, 3.63) is 75.0 Å². The predicted molar refractivity (Wildman–Crippen MR) is 172 cm³/mol. The summed E-state index contributed by atoms with van der Waals surface area (Å²) in [4.78, 5) is 34.7. The van der Waals surface area contributed by atoms with Crippen LogP contribution in [0.4, 0.5) is 0 Å². The van der Waals surface area contributed by atoms with Gasteiger partial charge in [0.05, 0.1) is 18.4 Å². The third-order valence-electron chi connectivity index (χ3n) is 8.90. The number of rotatable bonds is 9. The molecule has 2 aliphatic rings. The van der Waals surface area contributed by atoms with Gasteiger partial charge in [-0.15, -0.1) is 0 Å². The minimum atomic E-state index is -0.660. The summed E-state index contributed by atoms with van der Waals surface area (Å²) in [5.41, 5.74) is 1.92. The fourth-order valence-corrected chi connectivity index (χ4v) is 6.94. The van der Waals surface area contributed by atoms with Crippen molar-refractivity contribution in [2.75, 3.05) is 0 Å². The quantitative estimate of drug-likeness (QED) is 0.350. The molecule has 3 aromatic rings. The largest absolute Gasteiger partial charge is 1.00 e. The van der Waals surface area contributed by atoms with Gasteiger partial charge < -0.3 is 15.3 Å². The smallest absolute Gasteiger partial charge is 0.347 e. The van der Waals surface area contributed by atoms with E-state index in [1.807, 2.05) is 17.0 Å². The molecule has 1 atom stereocenters. The molecule has 9 nitrogen and oxygen atoms in total. The van der Waals surface area contributed by atoms with Gasteiger partial charge in [0.25, 0.3) is 11.8 Å². The molecule has 1 fully saturated rings. The number of hydrogen-bond acceptors (Lipinski definition) is 6. The van der Waals surface area contributed by atoms with Crippen molar-refractivity contribution in [2.24, 2.45) is 22.2 Å². The summed E-state index contributed by atoms with van der Waals surface area (Å²) in [6.45, 7) is 11.3. The molecule has 2 amide bonds. The Kier molecular flexibility index (Phi) is 11.6. The van der Waals surface area contributed by atoms with Gasteiger partial charge in [0.1, 0.15) is 11.4 Å². The SMILES string of the molecule is CC(C)C1CCC2(CC1)N=C(c1cc(Cl)cc(Cl)c1)C(=O)N2[C@H](CCC(C)(C)C)c1ccc(C(=O)NCc2nn[n-]n2)cc1.[Na+]. The number of nitrogens with one attached hydrogen (secondary N) is 1. The zero-order chi connectivity index (χ0) is 31.6. The number of halogens is 2. The van der Waals surface area contributed by atoms with Crippen molar-refractivity contribution in [3.8, 4) is 0 Å². The van der Waals surface area contributed by atoms with E-state index in [1.165, 1.54) is 0 Å². The molecule has 1 saturated carbocycles. The third kappa shape index (κ3) is 8.35. The average Bonchev–Trinajstić information content (AvgIpc) is 3.58. The summed E-state index contributed by atoms with van der Waals surface area (Å²) >= 11 is 12.8. The number of tetrazole rings is 1. The monoisotopic (exact) mass is 659 g/mol. The third-order valence-corrected chi connectivity index (χ3v) is 9.34. The van der Waals surface area contributed by atoms with Gasteiger partial charge in [-0.1, -0.05) is 70.0 Å². The molecular weight excluding hydrogens is 620 g/mol. The molecule has 234 valence electrons. The van der Waals surface area contributed by atoms with Gasteiger partial charge in [0.15, 0.2) is 0 Å². The van der Waals surface area contributed by atoms with Gasteiger partial charge in [-0.05, 0) is 91.7 Å². The van der Waals surface area contributed by atoms with Crippen LogP contribution in [0.5, 0.6) is 0 Å². The summed E-state index contributed by atoms with van der Waals surface area (Å²) in [6.07, 6.45) is 5.23. The first-order chi connectivity index (χ1) is 20.8. The van der Waals surface area contributed by atoms with Crippen molar-refractivity contribution in [3.63, 3.8) is 0 Å². The minimum absolute atomic E-state index is 0. The van der Waals surface area contributed by atoms with Crippen molar-refractivity contribution in [1.82, 2.24) is 30.8 Å². The van der Waals surface area contributed by atoms with E-state index < -0.39 is 5.66 Å². The standard InChI is InChI=1S/C33H41Cl2N7O2.Na/c1-20(2)21-10-14-33(15-11-21)37-29(24-16-25(34)18-26(35)17-24)31(44)42(33)27(12-13-32(3,4)5)22-6-8-23(9-7-22)30(43)36-19-28-38-40-41-39-28;/h6-9,16-18,20-21,27H,10-15,19H2,1-5H3,(H2,36,38,39,40,41,43);/q;+1/p-1/t21?,27-,33?;/m1./s1. The van der Waals surface area contributed by atoms with Gasteiger partial charge in [-0.25, -0.2) is 5.10 Å². The molecule has 12 heteroatoms. The summed E-state index contributed by atoms with van der Waals surface area (Å²) in [7, 11) is 0. The molecular formula is C33H40Cl2N7NaO2. The number of aliphatic imine (C=N–C) groups is 1. The van der Waals surface area contributed by atoms with Gasteiger partial charge >= 0.3 is 29.6 Å².